The van der Waals surface area contributed by atoms with Gasteiger partial charge in [0, 0.05) is 22.8 Å². The van der Waals surface area contributed by atoms with E-state index in [1.54, 1.807) is 6.26 Å². The van der Waals surface area contributed by atoms with Gasteiger partial charge in [0.05, 0.1) is 11.2 Å². The summed E-state index contributed by atoms with van der Waals surface area (Å²) in [5.41, 5.74) is 1.37. The van der Waals surface area contributed by atoms with E-state index in [9.17, 15) is 4.21 Å². The first-order valence-corrected chi connectivity index (χ1v) is 8.18. The fraction of sp³-hybridized carbons (Fsp3) is 0.571. The van der Waals surface area contributed by atoms with Crippen molar-refractivity contribution >= 4 is 23.4 Å². The lowest BCUT2D eigenvalue weighted by Crippen LogP contribution is -2.41. The monoisotopic (exact) mass is 280 g/mol. The Morgan fingerprint density at radius 1 is 1.16 bits per heavy atom. The molecule has 0 aliphatic carbocycles. The topological polar surface area (TPSA) is 35.5 Å². The van der Waals surface area contributed by atoms with E-state index in [1.165, 1.54) is 0 Å². The third kappa shape index (κ3) is 3.10. The van der Waals surface area contributed by atoms with Crippen molar-refractivity contribution in [2.24, 2.45) is 0 Å². The average molecular weight is 280 g/mol. The lowest BCUT2D eigenvalue weighted by molar-refractivity contribution is 0.00578. The molecule has 0 N–H and O–H groups in total. The van der Waals surface area contributed by atoms with Gasteiger partial charge < -0.3 is 9.31 Å². The minimum Gasteiger partial charge on any atom is -0.399 e. The molecule has 1 atom stereocenters. The minimum atomic E-state index is -0.839. The first-order chi connectivity index (χ1) is 8.71. The molecule has 0 amide bonds. The third-order valence-corrected chi connectivity index (χ3v) is 4.59. The number of rotatable bonds is 3. The highest BCUT2D eigenvalue weighted by Crippen LogP contribution is 2.36. The maximum atomic E-state index is 11.3. The van der Waals surface area contributed by atoms with Gasteiger partial charge in [-0.05, 0) is 38.7 Å². The van der Waals surface area contributed by atoms with Crippen molar-refractivity contribution in [2.75, 3.05) is 6.26 Å². The van der Waals surface area contributed by atoms with E-state index in [-0.39, 0.29) is 18.3 Å². The van der Waals surface area contributed by atoms with Crippen LogP contribution in [-0.2, 0) is 25.9 Å². The quantitative estimate of drug-likeness (QED) is 0.793. The van der Waals surface area contributed by atoms with Gasteiger partial charge >= 0.3 is 7.12 Å². The van der Waals surface area contributed by atoms with Crippen LogP contribution in [0, 0.1) is 0 Å². The normalized spacial score (nSPS) is 22.5. The maximum absolute atomic E-state index is 11.3. The number of benzene rings is 1. The van der Waals surface area contributed by atoms with E-state index < -0.39 is 10.8 Å². The first-order valence-electron chi connectivity index (χ1n) is 6.46. The molecular formula is C14H21BO3S. The second-order valence-electron chi connectivity index (χ2n) is 6.05. The van der Waals surface area contributed by atoms with E-state index in [1.807, 2.05) is 52.0 Å². The van der Waals surface area contributed by atoms with Gasteiger partial charge in [0.25, 0.3) is 0 Å². The lowest BCUT2D eigenvalue weighted by Gasteiger charge is -2.32. The van der Waals surface area contributed by atoms with E-state index in [0.29, 0.717) is 5.75 Å². The first kappa shape index (κ1) is 14.8. The van der Waals surface area contributed by atoms with Crippen molar-refractivity contribution in [3.63, 3.8) is 0 Å². The molecule has 104 valence electrons. The summed E-state index contributed by atoms with van der Waals surface area (Å²) < 4.78 is 23.3. The molecule has 0 saturated carbocycles. The van der Waals surface area contributed by atoms with Crippen LogP contribution >= 0.6 is 0 Å². The second kappa shape index (κ2) is 5.04. The Balaban J connectivity index is 2.22. The average Bonchev–Trinajstić information content (AvgIpc) is 2.47. The Bertz CT molecular complexity index is 483. The fourth-order valence-electron chi connectivity index (χ4n) is 2.04. The third-order valence-electron chi connectivity index (χ3n) is 3.85. The van der Waals surface area contributed by atoms with Crippen LogP contribution in [-0.4, -0.2) is 28.8 Å². The molecule has 3 nitrogen and oxygen atoms in total. The Kier molecular flexibility index (Phi) is 3.91. The fourth-order valence-corrected chi connectivity index (χ4v) is 2.69. The molecule has 0 bridgehead atoms. The van der Waals surface area contributed by atoms with Gasteiger partial charge in [-0.15, -0.1) is 0 Å². The van der Waals surface area contributed by atoms with Crippen LogP contribution in [0.4, 0.5) is 0 Å². The van der Waals surface area contributed by atoms with Crippen molar-refractivity contribution in [3.8, 4) is 0 Å². The van der Waals surface area contributed by atoms with Gasteiger partial charge in [0.1, 0.15) is 0 Å². The zero-order valence-electron chi connectivity index (χ0n) is 12.2. The Labute approximate surface area is 118 Å². The summed E-state index contributed by atoms with van der Waals surface area (Å²) in [6, 6.07) is 7.95. The molecule has 1 aliphatic heterocycles. The highest BCUT2D eigenvalue weighted by Gasteiger charge is 2.51. The second-order valence-corrected chi connectivity index (χ2v) is 7.49. The van der Waals surface area contributed by atoms with Crippen molar-refractivity contribution in [3.05, 3.63) is 29.8 Å². The van der Waals surface area contributed by atoms with E-state index in [2.05, 4.69) is 0 Å². The molecule has 5 heteroatoms. The summed E-state index contributed by atoms with van der Waals surface area (Å²) in [4.78, 5) is 0. The van der Waals surface area contributed by atoms with Gasteiger partial charge in [0.15, 0.2) is 0 Å². The number of hydrogen-bond donors (Lipinski definition) is 0. The standard InChI is InChI=1S/C14H21BO3S/c1-13(2)14(3,4)18-15(17-13)12-8-6-7-11(9-12)10-19(5)16/h6-9H,10H2,1-5H3. The van der Waals surface area contributed by atoms with Gasteiger partial charge in [-0.3, -0.25) is 4.21 Å². The van der Waals surface area contributed by atoms with Crippen LogP contribution in [0.2, 0.25) is 0 Å². The van der Waals surface area contributed by atoms with Crippen LogP contribution < -0.4 is 5.46 Å². The molecule has 1 saturated heterocycles. The lowest BCUT2D eigenvalue weighted by atomic mass is 9.78. The molecule has 19 heavy (non-hydrogen) atoms. The molecule has 2 rings (SSSR count). The van der Waals surface area contributed by atoms with Gasteiger partial charge in [-0.25, -0.2) is 0 Å². The minimum absolute atomic E-state index is 0.332. The maximum Gasteiger partial charge on any atom is 0.494 e. The molecule has 1 aliphatic rings. The molecule has 0 aromatic heterocycles. The summed E-state index contributed by atoms with van der Waals surface area (Å²) in [7, 11) is -1.19. The predicted molar refractivity (Wildman–Crippen MR) is 79.9 cm³/mol. The Hall–Kier alpha value is -0.645. The van der Waals surface area contributed by atoms with E-state index >= 15 is 0 Å². The van der Waals surface area contributed by atoms with E-state index in [0.717, 1.165) is 11.0 Å². The largest absolute Gasteiger partial charge is 0.494 e. The Morgan fingerprint density at radius 3 is 2.26 bits per heavy atom. The smallest absolute Gasteiger partial charge is 0.399 e. The molecule has 1 fully saturated rings. The van der Waals surface area contributed by atoms with E-state index in [4.69, 9.17) is 9.31 Å². The zero-order valence-corrected chi connectivity index (χ0v) is 13.0. The van der Waals surface area contributed by atoms with Crippen molar-refractivity contribution in [2.45, 2.75) is 44.6 Å². The molecule has 1 unspecified atom stereocenters. The van der Waals surface area contributed by atoms with Crippen LogP contribution in [0.1, 0.15) is 33.3 Å². The SMILES string of the molecule is CS(=O)Cc1cccc(B2OC(C)(C)C(C)(C)O2)c1. The van der Waals surface area contributed by atoms with Crippen LogP contribution in [0.15, 0.2) is 24.3 Å². The number of hydrogen-bond acceptors (Lipinski definition) is 3. The summed E-state index contributed by atoms with van der Waals surface area (Å²) in [6.45, 7) is 8.16. The molecule has 1 heterocycles. The summed E-state index contributed by atoms with van der Waals surface area (Å²) in [5, 5.41) is 0. The molecule has 0 radical (unpaired) electrons. The molecule has 0 spiro atoms. The zero-order chi connectivity index (χ0) is 14.3. The highest BCUT2D eigenvalue weighted by atomic mass is 32.2. The predicted octanol–water partition coefficient (Wildman–Crippen LogP) is 1.86. The van der Waals surface area contributed by atoms with Crippen molar-refractivity contribution in [1.82, 2.24) is 0 Å². The van der Waals surface area contributed by atoms with Crippen LogP contribution in [0.5, 0.6) is 0 Å². The van der Waals surface area contributed by atoms with Gasteiger partial charge in [-0.2, -0.15) is 0 Å². The van der Waals surface area contributed by atoms with Gasteiger partial charge in [-0.1, -0.05) is 24.3 Å². The summed E-state index contributed by atoms with van der Waals surface area (Å²) >= 11 is 0. The summed E-state index contributed by atoms with van der Waals surface area (Å²) in [5.74, 6) is 0.563. The molecule has 1 aromatic rings. The molecular weight excluding hydrogens is 259 g/mol. The van der Waals surface area contributed by atoms with Crippen molar-refractivity contribution in [1.29, 1.82) is 0 Å². The van der Waals surface area contributed by atoms with Crippen molar-refractivity contribution < 1.29 is 13.5 Å². The Morgan fingerprint density at radius 2 is 1.74 bits per heavy atom. The van der Waals surface area contributed by atoms with Crippen LogP contribution in [0.25, 0.3) is 0 Å². The summed E-state index contributed by atoms with van der Waals surface area (Å²) in [6.07, 6.45) is 1.71. The highest BCUT2D eigenvalue weighted by molar-refractivity contribution is 7.83. The van der Waals surface area contributed by atoms with Gasteiger partial charge in [0.2, 0.25) is 0 Å². The molecule has 1 aromatic carbocycles. The van der Waals surface area contributed by atoms with Crippen LogP contribution in [0.3, 0.4) is 0 Å².